The van der Waals surface area contributed by atoms with Crippen molar-refractivity contribution in [1.29, 1.82) is 0 Å². The lowest BCUT2D eigenvalue weighted by Gasteiger charge is -2.49. The summed E-state index contributed by atoms with van der Waals surface area (Å²) < 4.78 is 5.31. The number of halogens is 2. The standard InChI is InChI=1S/C21H30ClN3O4.ClH/c1-29-19-12-18(23)17(22)11-16(19)21(28)24-13-9-14-5-4-6-15(10-13)25(14)8-3-2-7-20(26)27;/h11-15H,2-10,23H2,1H3,(H,24,28)(H,26,27);1H. The molecule has 3 rings (SSSR count). The summed E-state index contributed by atoms with van der Waals surface area (Å²) >= 11 is 6.10. The molecule has 1 amide bonds. The van der Waals surface area contributed by atoms with Crippen molar-refractivity contribution in [2.45, 2.75) is 69.5 Å². The lowest BCUT2D eigenvalue weighted by molar-refractivity contribution is -0.137. The van der Waals surface area contributed by atoms with Gasteiger partial charge in [-0.1, -0.05) is 18.0 Å². The number of hydrogen-bond acceptors (Lipinski definition) is 5. The van der Waals surface area contributed by atoms with E-state index >= 15 is 0 Å². The summed E-state index contributed by atoms with van der Waals surface area (Å²) in [5.74, 6) is -0.507. The van der Waals surface area contributed by atoms with Crippen LogP contribution in [0.5, 0.6) is 5.75 Å². The number of piperidine rings is 2. The van der Waals surface area contributed by atoms with Crippen LogP contribution in [0.15, 0.2) is 12.1 Å². The minimum Gasteiger partial charge on any atom is -0.496 e. The molecule has 2 atom stereocenters. The Labute approximate surface area is 188 Å². The summed E-state index contributed by atoms with van der Waals surface area (Å²) in [7, 11) is 1.51. The Morgan fingerprint density at radius 1 is 1.27 bits per heavy atom. The van der Waals surface area contributed by atoms with Crippen LogP contribution in [0, 0.1) is 0 Å². The lowest BCUT2D eigenvalue weighted by Crippen LogP contribution is -2.57. The van der Waals surface area contributed by atoms with Gasteiger partial charge < -0.3 is 20.9 Å². The molecule has 0 saturated carbocycles. The van der Waals surface area contributed by atoms with E-state index in [1.54, 1.807) is 12.1 Å². The van der Waals surface area contributed by atoms with E-state index in [0.717, 1.165) is 38.6 Å². The Balaban J connectivity index is 0.00000320. The van der Waals surface area contributed by atoms with E-state index in [2.05, 4.69) is 10.2 Å². The maximum absolute atomic E-state index is 12.9. The number of methoxy groups -OCH3 is 1. The number of unbranched alkanes of at least 4 members (excludes halogenated alkanes) is 1. The topological polar surface area (TPSA) is 105 Å². The van der Waals surface area contributed by atoms with Crippen molar-refractivity contribution in [1.82, 2.24) is 10.2 Å². The second-order valence-electron chi connectivity index (χ2n) is 8.04. The Kier molecular flexibility index (Phi) is 9.07. The third kappa shape index (κ3) is 5.93. The molecule has 2 aliphatic heterocycles. The summed E-state index contributed by atoms with van der Waals surface area (Å²) in [6, 6.07) is 4.12. The smallest absolute Gasteiger partial charge is 0.303 e. The number of hydrogen-bond donors (Lipinski definition) is 3. The second kappa shape index (κ2) is 11.1. The number of fused-ring (bicyclic) bond motifs is 2. The van der Waals surface area contributed by atoms with E-state index in [1.807, 2.05) is 0 Å². The fraction of sp³-hybridized carbons (Fsp3) is 0.619. The molecule has 168 valence electrons. The van der Waals surface area contributed by atoms with Crippen LogP contribution in [0.25, 0.3) is 0 Å². The third-order valence-electron chi connectivity index (χ3n) is 6.08. The Morgan fingerprint density at radius 3 is 2.53 bits per heavy atom. The van der Waals surface area contributed by atoms with Gasteiger partial charge in [-0.2, -0.15) is 0 Å². The molecule has 1 aromatic carbocycles. The molecule has 2 fully saturated rings. The molecule has 0 radical (unpaired) electrons. The number of rotatable bonds is 8. The van der Waals surface area contributed by atoms with Crippen LogP contribution in [-0.2, 0) is 4.79 Å². The lowest BCUT2D eigenvalue weighted by atomic mass is 9.81. The minimum atomic E-state index is -0.732. The van der Waals surface area contributed by atoms with Crippen molar-refractivity contribution in [3.8, 4) is 5.75 Å². The monoisotopic (exact) mass is 459 g/mol. The highest BCUT2D eigenvalue weighted by Crippen LogP contribution is 2.35. The predicted molar refractivity (Wildman–Crippen MR) is 120 cm³/mol. The largest absolute Gasteiger partial charge is 0.496 e. The van der Waals surface area contributed by atoms with Crippen LogP contribution in [0.4, 0.5) is 5.69 Å². The van der Waals surface area contributed by atoms with Gasteiger partial charge in [0.15, 0.2) is 0 Å². The third-order valence-corrected chi connectivity index (χ3v) is 6.41. The first kappa shape index (κ1) is 24.6. The number of carboxylic acids is 1. The maximum atomic E-state index is 12.9. The summed E-state index contributed by atoms with van der Waals surface area (Å²) in [6.45, 7) is 0.935. The quantitative estimate of drug-likeness (QED) is 0.404. The van der Waals surface area contributed by atoms with Gasteiger partial charge in [0.05, 0.1) is 23.4 Å². The van der Waals surface area contributed by atoms with E-state index in [0.29, 0.717) is 40.5 Å². The normalized spacial score (nSPS) is 23.3. The number of benzene rings is 1. The number of carbonyl (C=O) groups excluding carboxylic acids is 1. The molecule has 30 heavy (non-hydrogen) atoms. The highest BCUT2D eigenvalue weighted by atomic mass is 35.5. The van der Waals surface area contributed by atoms with Crippen LogP contribution in [-0.4, -0.2) is 53.7 Å². The van der Waals surface area contributed by atoms with Crippen molar-refractivity contribution < 1.29 is 19.4 Å². The average Bonchev–Trinajstić information content (AvgIpc) is 2.66. The number of nitrogens with one attached hydrogen (secondary N) is 1. The molecule has 4 N–H and O–H groups in total. The predicted octanol–water partition coefficient (Wildman–Crippen LogP) is 3.72. The van der Waals surface area contributed by atoms with E-state index in [-0.39, 0.29) is 30.8 Å². The highest BCUT2D eigenvalue weighted by molar-refractivity contribution is 6.33. The number of carbonyl (C=O) groups is 2. The number of nitrogens with two attached hydrogens (primary N) is 1. The van der Waals surface area contributed by atoms with Crippen LogP contribution < -0.4 is 15.8 Å². The molecule has 2 heterocycles. The molecule has 7 nitrogen and oxygen atoms in total. The van der Waals surface area contributed by atoms with Crippen molar-refractivity contribution in [3.05, 3.63) is 22.7 Å². The van der Waals surface area contributed by atoms with Gasteiger partial charge in [0, 0.05) is 30.6 Å². The number of carboxylic acid groups (broad SMARTS) is 1. The summed E-state index contributed by atoms with van der Waals surface area (Å²) in [6.07, 6.45) is 7.12. The first-order valence-electron chi connectivity index (χ1n) is 10.3. The maximum Gasteiger partial charge on any atom is 0.303 e. The van der Waals surface area contributed by atoms with Crippen LogP contribution in [0.1, 0.15) is 61.7 Å². The van der Waals surface area contributed by atoms with E-state index in [1.165, 1.54) is 13.5 Å². The highest BCUT2D eigenvalue weighted by Gasteiger charge is 2.38. The number of aliphatic carboxylic acids is 1. The minimum absolute atomic E-state index is 0. The zero-order chi connectivity index (χ0) is 21.0. The molecular weight excluding hydrogens is 429 g/mol. The summed E-state index contributed by atoms with van der Waals surface area (Å²) in [5.41, 5.74) is 6.59. The van der Waals surface area contributed by atoms with Gasteiger partial charge in [-0.25, -0.2) is 0 Å². The number of anilines is 1. The number of ether oxygens (including phenoxy) is 1. The SMILES string of the molecule is COc1cc(N)c(Cl)cc1C(=O)NC1CC2CCCC(C1)N2CCCCC(=O)O.Cl. The zero-order valence-electron chi connectivity index (χ0n) is 17.2. The van der Waals surface area contributed by atoms with Crippen LogP contribution in [0.2, 0.25) is 5.02 Å². The molecule has 2 aliphatic rings. The molecule has 0 spiro atoms. The number of amides is 1. The molecule has 0 aromatic heterocycles. The molecule has 9 heteroatoms. The van der Waals surface area contributed by atoms with E-state index in [4.69, 9.17) is 27.2 Å². The second-order valence-corrected chi connectivity index (χ2v) is 8.45. The molecule has 2 saturated heterocycles. The van der Waals surface area contributed by atoms with Gasteiger partial charge in [-0.05, 0) is 51.1 Å². The fourth-order valence-electron chi connectivity index (χ4n) is 4.71. The first-order chi connectivity index (χ1) is 13.9. The fourth-order valence-corrected chi connectivity index (χ4v) is 4.87. The Morgan fingerprint density at radius 2 is 1.93 bits per heavy atom. The Hall–Kier alpha value is -1.70. The zero-order valence-corrected chi connectivity index (χ0v) is 18.8. The molecular formula is C21H31Cl2N3O4. The van der Waals surface area contributed by atoms with Crippen LogP contribution >= 0.6 is 24.0 Å². The first-order valence-corrected chi connectivity index (χ1v) is 10.7. The van der Waals surface area contributed by atoms with E-state index in [9.17, 15) is 9.59 Å². The van der Waals surface area contributed by atoms with Gasteiger partial charge in [0.1, 0.15) is 5.75 Å². The van der Waals surface area contributed by atoms with Gasteiger partial charge in [0.2, 0.25) is 0 Å². The van der Waals surface area contributed by atoms with Crippen molar-refractivity contribution in [2.75, 3.05) is 19.4 Å². The van der Waals surface area contributed by atoms with Crippen LogP contribution in [0.3, 0.4) is 0 Å². The molecule has 2 unspecified atom stereocenters. The van der Waals surface area contributed by atoms with Gasteiger partial charge in [0.25, 0.3) is 5.91 Å². The molecule has 2 bridgehead atoms. The van der Waals surface area contributed by atoms with Gasteiger partial charge in [-0.3, -0.25) is 14.5 Å². The van der Waals surface area contributed by atoms with Crippen molar-refractivity contribution in [3.63, 3.8) is 0 Å². The number of nitrogens with zero attached hydrogens (tertiary/aromatic N) is 1. The number of nitrogen functional groups attached to an aromatic ring is 1. The van der Waals surface area contributed by atoms with Gasteiger partial charge in [-0.15, -0.1) is 12.4 Å². The molecule has 0 aliphatic carbocycles. The van der Waals surface area contributed by atoms with Gasteiger partial charge >= 0.3 is 5.97 Å². The van der Waals surface area contributed by atoms with E-state index < -0.39 is 5.97 Å². The summed E-state index contributed by atoms with van der Waals surface area (Å²) in [5, 5.41) is 12.3. The Bertz CT molecular complexity index is 748. The molecule has 1 aromatic rings. The van der Waals surface area contributed by atoms with Crippen molar-refractivity contribution in [2.24, 2.45) is 0 Å². The van der Waals surface area contributed by atoms with Crippen molar-refractivity contribution >= 4 is 41.6 Å². The average molecular weight is 460 g/mol. The summed E-state index contributed by atoms with van der Waals surface area (Å²) in [4.78, 5) is 26.1.